The summed E-state index contributed by atoms with van der Waals surface area (Å²) in [5.41, 5.74) is 1.87. The number of hydrogen-bond donors (Lipinski definition) is 0. The zero-order chi connectivity index (χ0) is 26.9. The van der Waals surface area contributed by atoms with Gasteiger partial charge in [-0.3, -0.25) is 9.59 Å². The zero-order valence-corrected chi connectivity index (χ0v) is 21.7. The van der Waals surface area contributed by atoms with Crippen LogP contribution in [0.2, 0.25) is 0 Å². The Morgan fingerprint density at radius 3 is 2.55 bits per heavy atom. The smallest absolute Gasteiger partial charge is 0.254 e. The quantitative estimate of drug-likeness (QED) is 0.428. The summed E-state index contributed by atoms with van der Waals surface area (Å²) in [5, 5.41) is 8.82. The van der Waals surface area contributed by atoms with Crippen LogP contribution in [0, 0.1) is 5.82 Å². The van der Waals surface area contributed by atoms with E-state index in [4.69, 9.17) is 9.47 Å². The molecule has 200 valence electrons. The minimum atomic E-state index is -0.499. The van der Waals surface area contributed by atoms with Crippen molar-refractivity contribution in [3.63, 3.8) is 0 Å². The number of aromatic nitrogens is 2. The molecule has 3 aromatic rings. The maximum Gasteiger partial charge on any atom is 0.254 e. The van der Waals surface area contributed by atoms with E-state index in [1.165, 1.54) is 30.2 Å². The number of amides is 2. The molecule has 2 aromatic carbocycles. The van der Waals surface area contributed by atoms with Crippen molar-refractivity contribution in [1.82, 2.24) is 20.0 Å². The Morgan fingerprint density at radius 2 is 1.82 bits per heavy atom. The fourth-order valence-electron chi connectivity index (χ4n) is 4.35. The van der Waals surface area contributed by atoms with Gasteiger partial charge in [-0.15, -0.1) is 10.2 Å². The second-order valence-electron chi connectivity index (χ2n) is 8.96. The van der Waals surface area contributed by atoms with E-state index in [-0.39, 0.29) is 31.2 Å². The summed E-state index contributed by atoms with van der Waals surface area (Å²) in [6.45, 7) is 2.77. The van der Waals surface area contributed by atoms with E-state index in [9.17, 15) is 14.0 Å². The Bertz CT molecular complexity index is 1240. The number of halogens is 1. The van der Waals surface area contributed by atoms with Gasteiger partial charge in [0.15, 0.2) is 5.82 Å². The van der Waals surface area contributed by atoms with Crippen LogP contribution in [0.1, 0.15) is 16.8 Å². The number of methoxy groups -OCH3 is 2. The molecule has 0 aliphatic carbocycles. The monoisotopic (exact) mass is 521 g/mol. The predicted molar refractivity (Wildman–Crippen MR) is 142 cm³/mol. The second-order valence-corrected chi connectivity index (χ2v) is 8.96. The Labute approximate surface area is 221 Å². The number of benzene rings is 2. The molecule has 38 heavy (non-hydrogen) atoms. The molecule has 1 aromatic heterocycles. The van der Waals surface area contributed by atoms with E-state index < -0.39 is 11.7 Å². The molecule has 1 fully saturated rings. The highest BCUT2D eigenvalue weighted by Crippen LogP contribution is 2.23. The Kier molecular flexibility index (Phi) is 9.21. The van der Waals surface area contributed by atoms with Crippen LogP contribution in [0.3, 0.4) is 0 Å². The predicted octanol–water partition coefficient (Wildman–Crippen LogP) is 3.12. The lowest BCUT2D eigenvalue weighted by molar-refractivity contribution is -0.131. The minimum Gasteiger partial charge on any atom is -0.497 e. The highest BCUT2D eigenvalue weighted by Gasteiger charge is 2.25. The number of carbonyl (C=O) groups is 2. The topological polar surface area (TPSA) is 88.1 Å². The van der Waals surface area contributed by atoms with Crippen molar-refractivity contribution in [3.8, 4) is 17.0 Å². The third kappa shape index (κ3) is 6.83. The van der Waals surface area contributed by atoms with Gasteiger partial charge in [0.1, 0.15) is 18.1 Å². The molecule has 2 heterocycles. The van der Waals surface area contributed by atoms with Gasteiger partial charge in [0, 0.05) is 51.0 Å². The van der Waals surface area contributed by atoms with Gasteiger partial charge < -0.3 is 24.2 Å². The van der Waals surface area contributed by atoms with Gasteiger partial charge in [-0.1, -0.05) is 18.2 Å². The molecule has 4 rings (SSSR count). The summed E-state index contributed by atoms with van der Waals surface area (Å²) in [6, 6.07) is 17.0. The summed E-state index contributed by atoms with van der Waals surface area (Å²) >= 11 is 0. The fourth-order valence-corrected chi connectivity index (χ4v) is 4.35. The van der Waals surface area contributed by atoms with E-state index in [0.717, 1.165) is 35.8 Å². The van der Waals surface area contributed by atoms with Crippen LogP contribution < -0.4 is 9.64 Å². The molecule has 1 aliphatic rings. The lowest BCUT2D eigenvalue weighted by atomic mass is 10.1. The number of carbonyl (C=O) groups excluding carboxylic acids is 2. The average molecular weight is 522 g/mol. The first-order valence-electron chi connectivity index (χ1n) is 12.5. The van der Waals surface area contributed by atoms with E-state index in [1.54, 1.807) is 18.1 Å². The fraction of sp³-hybridized carbons (Fsp3) is 0.357. The van der Waals surface area contributed by atoms with Crippen molar-refractivity contribution in [2.45, 2.75) is 6.42 Å². The van der Waals surface area contributed by atoms with Crippen LogP contribution in [0.15, 0.2) is 60.7 Å². The van der Waals surface area contributed by atoms with Crippen LogP contribution >= 0.6 is 0 Å². The summed E-state index contributed by atoms with van der Waals surface area (Å²) < 4.78 is 24.1. The molecule has 0 bridgehead atoms. The van der Waals surface area contributed by atoms with Gasteiger partial charge in [-0.05, 0) is 48.9 Å². The molecule has 0 saturated carbocycles. The van der Waals surface area contributed by atoms with Crippen molar-refractivity contribution in [2.75, 3.05) is 65.0 Å². The van der Waals surface area contributed by atoms with Crippen molar-refractivity contribution in [3.05, 3.63) is 72.0 Å². The van der Waals surface area contributed by atoms with Crippen LogP contribution in [-0.2, 0) is 9.53 Å². The van der Waals surface area contributed by atoms with Crippen LogP contribution in [0.25, 0.3) is 11.3 Å². The van der Waals surface area contributed by atoms with Gasteiger partial charge in [0.25, 0.3) is 5.91 Å². The molecular formula is C28H32FN5O4. The van der Waals surface area contributed by atoms with E-state index in [2.05, 4.69) is 15.1 Å². The second kappa shape index (κ2) is 13.0. The third-order valence-electron chi connectivity index (χ3n) is 6.44. The van der Waals surface area contributed by atoms with Crippen molar-refractivity contribution in [2.24, 2.45) is 0 Å². The molecule has 9 nitrogen and oxygen atoms in total. The maximum atomic E-state index is 13.7. The summed E-state index contributed by atoms with van der Waals surface area (Å²) in [5.74, 6) is 0.434. The van der Waals surface area contributed by atoms with E-state index >= 15 is 0 Å². The standard InChI is InChI=1S/C28H32FN5O4/c1-37-17-16-34(28(36)22-7-3-8-23(29)18-22)20-27(35)33-13-5-12-32(14-15-33)26-11-10-25(30-31-26)21-6-4-9-24(19-21)38-2/h3-4,6-11,18-19H,5,12-17,20H2,1-2H3. The van der Waals surface area contributed by atoms with Gasteiger partial charge in [-0.2, -0.15) is 0 Å². The normalized spacial score (nSPS) is 13.7. The van der Waals surface area contributed by atoms with Crippen LogP contribution in [0.4, 0.5) is 10.2 Å². The van der Waals surface area contributed by atoms with Crippen LogP contribution in [0.5, 0.6) is 5.75 Å². The molecule has 0 radical (unpaired) electrons. The molecule has 0 unspecified atom stereocenters. The van der Waals surface area contributed by atoms with Gasteiger partial charge in [0.05, 0.1) is 19.4 Å². The number of rotatable bonds is 9. The number of ether oxygens (including phenoxy) is 2. The Hall–Kier alpha value is -4.05. The minimum absolute atomic E-state index is 0.103. The van der Waals surface area contributed by atoms with Gasteiger partial charge in [0.2, 0.25) is 5.91 Å². The van der Waals surface area contributed by atoms with Crippen molar-refractivity contribution in [1.29, 1.82) is 0 Å². The molecule has 2 amide bonds. The van der Waals surface area contributed by atoms with Gasteiger partial charge in [-0.25, -0.2) is 4.39 Å². The molecule has 1 saturated heterocycles. The summed E-state index contributed by atoms with van der Waals surface area (Å²) in [6.07, 6.45) is 0.751. The SMILES string of the molecule is COCCN(CC(=O)N1CCCN(c2ccc(-c3cccc(OC)c3)nn2)CC1)C(=O)c1cccc(F)c1. The van der Waals surface area contributed by atoms with E-state index in [0.29, 0.717) is 19.6 Å². The zero-order valence-electron chi connectivity index (χ0n) is 21.7. The van der Waals surface area contributed by atoms with E-state index in [1.807, 2.05) is 36.4 Å². The molecule has 10 heteroatoms. The van der Waals surface area contributed by atoms with Crippen molar-refractivity contribution < 1.29 is 23.5 Å². The average Bonchev–Trinajstić information content (AvgIpc) is 3.21. The summed E-state index contributed by atoms with van der Waals surface area (Å²) in [4.78, 5) is 31.5. The Morgan fingerprint density at radius 1 is 0.974 bits per heavy atom. The highest BCUT2D eigenvalue weighted by atomic mass is 19.1. The molecule has 0 spiro atoms. The number of hydrogen-bond acceptors (Lipinski definition) is 7. The number of anilines is 1. The largest absolute Gasteiger partial charge is 0.497 e. The summed E-state index contributed by atoms with van der Waals surface area (Å²) in [7, 11) is 3.16. The first-order valence-corrected chi connectivity index (χ1v) is 12.5. The lowest BCUT2D eigenvalue weighted by Gasteiger charge is -2.27. The molecule has 0 atom stereocenters. The van der Waals surface area contributed by atoms with Gasteiger partial charge >= 0.3 is 0 Å². The third-order valence-corrected chi connectivity index (χ3v) is 6.44. The highest BCUT2D eigenvalue weighted by molar-refractivity contribution is 5.96. The van der Waals surface area contributed by atoms with Crippen molar-refractivity contribution >= 4 is 17.6 Å². The van der Waals surface area contributed by atoms with Crippen LogP contribution in [-0.4, -0.2) is 91.9 Å². The first kappa shape index (κ1) is 27.0. The maximum absolute atomic E-state index is 13.7. The molecule has 1 aliphatic heterocycles. The Balaban J connectivity index is 1.38. The first-order chi connectivity index (χ1) is 18.5. The lowest BCUT2D eigenvalue weighted by Crippen LogP contribution is -2.45. The molecular weight excluding hydrogens is 489 g/mol. The number of nitrogens with zero attached hydrogens (tertiary/aromatic N) is 5. The molecule has 0 N–H and O–H groups in total.